The minimum Gasteiger partial charge on any atom is -0.465 e. The molecule has 1 atom stereocenters. The molecule has 0 saturated carbocycles. The Labute approximate surface area is 121 Å². The van der Waals surface area contributed by atoms with Gasteiger partial charge in [-0.25, -0.2) is 4.79 Å². The van der Waals surface area contributed by atoms with E-state index in [0.29, 0.717) is 5.56 Å². The highest BCUT2D eigenvalue weighted by molar-refractivity contribution is 9.10. The average Bonchev–Trinajstić information content (AvgIpc) is 2.39. The zero-order chi connectivity index (χ0) is 13.5. The predicted octanol–water partition coefficient (Wildman–Crippen LogP) is 3.21. The van der Waals surface area contributed by atoms with Gasteiger partial charge < -0.3 is 10.5 Å². The Balaban J connectivity index is 2.60. The smallest absolute Gasteiger partial charge is 0.337 e. The van der Waals surface area contributed by atoms with E-state index >= 15 is 0 Å². The van der Waals surface area contributed by atoms with E-state index in [-0.39, 0.29) is 12.0 Å². The van der Waals surface area contributed by atoms with Crippen LogP contribution in [0.5, 0.6) is 0 Å². The van der Waals surface area contributed by atoms with Gasteiger partial charge in [0.05, 0.1) is 12.7 Å². The van der Waals surface area contributed by atoms with Gasteiger partial charge in [0.1, 0.15) is 0 Å². The summed E-state index contributed by atoms with van der Waals surface area (Å²) in [6, 6.07) is 5.78. The van der Waals surface area contributed by atoms with Crippen LogP contribution in [-0.4, -0.2) is 24.9 Å². The molecule has 0 heterocycles. The van der Waals surface area contributed by atoms with E-state index in [2.05, 4.69) is 27.6 Å². The summed E-state index contributed by atoms with van der Waals surface area (Å²) in [6.07, 6.45) is 0.995. The molecule has 2 N–H and O–H groups in total. The van der Waals surface area contributed by atoms with Gasteiger partial charge in [0.25, 0.3) is 0 Å². The molecule has 0 saturated heterocycles. The first-order chi connectivity index (χ1) is 8.58. The van der Waals surface area contributed by atoms with E-state index in [1.54, 1.807) is 23.9 Å². The van der Waals surface area contributed by atoms with Gasteiger partial charge in [-0.05, 0) is 24.1 Å². The Morgan fingerprint density at radius 2 is 2.28 bits per heavy atom. The Kier molecular flexibility index (Phi) is 6.75. The first-order valence-electron chi connectivity index (χ1n) is 5.78. The van der Waals surface area contributed by atoms with Gasteiger partial charge in [0.15, 0.2) is 0 Å². The summed E-state index contributed by atoms with van der Waals surface area (Å²) in [7, 11) is 1.38. The number of benzene rings is 1. The number of esters is 1. The summed E-state index contributed by atoms with van der Waals surface area (Å²) in [4.78, 5) is 11.4. The molecule has 0 fully saturated rings. The van der Waals surface area contributed by atoms with Crippen LogP contribution in [0, 0.1) is 0 Å². The van der Waals surface area contributed by atoms with Gasteiger partial charge in [-0.3, -0.25) is 0 Å². The topological polar surface area (TPSA) is 52.3 Å². The molecule has 100 valence electrons. The number of hydrogen-bond acceptors (Lipinski definition) is 4. The Morgan fingerprint density at radius 3 is 2.83 bits per heavy atom. The van der Waals surface area contributed by atoms with Crippen molar-refractivity contribution in [1.29, 1.82) is 0 Å². The van der Waals surface area contributed by atoms with Gasteiger partial charge in [-0.1, -0.05) is 28.9 Å². The number of nitrogens with two attached hydrogens (primary N) is 1. The van der Waals surface area contributed by atoms with Gasteiger partial charge in [0, 0.05) is 22.0 Å². The lowest BCUT2D eigenvalue weighted by Crippen LogP contribution is -2.21. The van der Waals surface area contributed by atoms with E-state index in [0.717, 1.165) is 28.0 Å². The maximum absolute atomic E-state index is 11.4. The molecule has 0 radical (unpaired) electrons. The number of thioether (sulfide) groups is 1. The molecule has 0 aliphatic carbocycles. The highest BCUT2D eigenvalue weighted by Gasteiger charge is 2.08. The minimum atomic E-state index is -0.317. The number of methoxy groups -OCH3 is 1. The van der Waals surface area contributed by atoms with Crippen molar-refractivity contribution in [2.45, 2.75) is 25.1 Å². The maximum atomic E-state index is 11.4. The standard InChI is InChI=1S/C13H18BrNO2S/c1-3-11(15)8-18-7-10-5-4-9(6-12(10)14)13(16)17-2/h4-6,11H,3,7-8,15H2,1-2H3. The Morgan fingerprint density at radius 1 is 1.56 bits per heavy atom. The van der Waals surface area contributed by atoms with Crippen molar-refractivity contribution in [3.63, 3.8) is 0 Å². The zero-order valence-corrected chi connectivity index (χ0v) is 13.0. The fourth-order valence-electron chi connectivity index (χ4n) is 1.35. The number of hydrogen-bond donors (Lipinski definition) is 1. The number of halogens is 1. The lowest BCUT2D eigenvalue weighted by molar-refractivity contribution is 0.0600. The normalized spacial score (nSPS) is 12.2. The summed E-state index contributed by atoms with van der Waals surface area (Å²) < 4.78 is 5.61. The summed E-state index contributed by atoms with van der Waals surface area (Å²) in [5.74, 6) is 1.51. The number of carbonyl (C=O) groups is 1. The molecule has 1 aromatic carbocycles. The molecule has 1 rings (SSSR count). The van der Waals surface area contributed by atoms with Crippen molar-refractivity contribution in [3.05, 3.63) is 33.8 Å². The second-order valence-electron chi connectivity index (χ2n) is 3.98. The Hall–Kier alpha value is -0.520. The van der Waals surface area contributed by atoms with Crippen molar-refractivity contribution >= 4 is 33.7 Å². The molecule has 1 aromatic rings. The molecular formula is C13H18BrNO2S. The van der Waals surface area contributed by atoms with Crippen LogP contribution in [0.2, 0.25) is 0 Å². The molecule has 3 nitrogen and oxygen atoms in total. The van der Waals surface area contributed by atoms with Gasteiger partial charge in [0.2, 0.25) is 0 Å². The molecule has 0 aliphatic rings. The molecule has 1 unspecified atom stereocenters. The van der Waals surface area contributed by atoms with Gasteiger partial charge in [-0.15, -0.1) is 0 Å². The number of carbonyl (C=O) groups excluding carboxylic acids is 1. The van der Waals surface area contributed by atoms with E-state index < -0.39 is 0 Å². The van der Waals surface area contributed by atoms with Crippen molar-refractivity contribution in [2.75, 3.05) is 12.9 Å². The molecule has 0 bridgehead atoms. The van der Waals surface area contributed by atoms with E-state index in [1.807, 2.05) is 6.07 Å². The van der Waals surface area contributed by atoms with Crippen molar-refractivity contribution < 1.29 is 9.53 Å². The third-order valence-corrected chi connectivity index (χ3v) is 4.51. The largest absolute Gasteiger partial charge is 0.465 e. The lowest BCUT2D eigenvalue weighted by Gasteiger charge is -2.09. The van der Waals surface area contributed by atoms with Crippen molar-refractivity contribution in [1.82, 2.24) is 0 Å². The Bertz CT molecular complexity index is 412. The molecule has 0 spiro atoms. The van der Waals surface area contributed by atoms with E-state index in [4.69, 9.17) is 5.73 Å². The second kappa shape index (κ2) is 7.81. The van der Waals surface area contributed by atoms with Crippen LogP contribution in [0.1, 0.15) is 29.3 Å². The highest BCUT2D eigenvalue weighted by atomic mass is 79.9. The maximum Gasteiger partial charge on any atom is 0.337 e. The summed E-state index contributed by atoms with van der Waals surface area (Å²) >= 11 is 5.28. The first kappa shape index (κ1) is 15.5. The zero-order valence-electron chi connectivity index (χ0n) is 10.6. The van der Waals surface area contributed by atoms with Crippen LogP contribution in [0.15, 0.2) is 22.7 Å². The van der Waals surface area contributed by atoms with Gasteiger partial charge >= 0.3 is 5.97 Å². The quantitative estimate of drug-likeness (QED) is 0.813. The molecule has 5 heteroatoms. The lowest BCUT2D eigenvalue weighted by atomic mass is 10.1. The number of ether oxygens (including phenoxy) is 1. The van der Waals surface area contributed by atoms with Crippen LogP contribution in [0.25, 0.3) is 0 Å². The first-order valence-corrected chi connectivity index (χ1v) is 7.73. The second-order valence-corrected chi connectivity index (χ2v) is 5.87. The molecule has 0 aromatic heterocycles. The summed E-state index contributed by atoms with van der Waals surface area (Å²) in [5.41, 5.74) is 7.58. The number of rotatable bonds is 6. The highest BCUT2D eigenvalue weighted by Crippen LogP contribution is 2.23. The van der Waals surface area contributed by atoms with Crippen LogP contribution < -0.4 is 5.73 Å². The monoisotopic (exact) mass is 331 g/mol. The average molecular weight is 332 g/mol. The van der Waals surface area contributed by atoms with Crippen molar-refractivity contribution in [3.8, 4) is 0 Å². The van der Waals surface area contributed by atoms with Crippen LogP contribution >= 0.6 is 27.7 Å². The molecule has 0 amide bonds. The predicted molar refractivity (Wildman–Crippen MR) is 79.9 cm³/mol. The molecular weight excluding hydrogens is 314 g/mol. The van der Waals surface area contributed by atoms with E-state index in [9.17, 15) is 4.79 Å². The third kappa shape index (κ3) is 4.63. The minimum absolute atomic E-state index is 0.253. The van der Waals surface area contributed by atoms with Gasteiger partial charge in [-0.2, -0.15) is 11.8 Å². The van der Waals surface area contributed by atoms with Crippen LogP contribution in [0.3, 0.4) is 0 Å². The van der Waals surface area contributed by atoms with E-state index in [1.165, 1.54) is 7.11 Å². The third-order valence-electron chi connectivity index (χ3n) is 2.59. The SMILES string of the molecule is CCC(N)CSCc1ccc(C(=O)OC)cc1Br. The van der Waals surface area contributed by atoms with Crippen molar-refractivity contribution in [2.24, 2.45) is 5.73 Å². The summed E-state index contributed by atoms with van der Waals surface area (Å²) in [6.45, 7) is 2.09. The molecule has 0 aliphatic heterocycles. The van der Waals surface area contributed by atoms with Crippen LogP contribution in [0.4, 0.5) is 0 Å². The molecule has 18 heavy (non-hydrogen) atoms. The fraction of sp³-hybridized carbons (Fsp3) is 0.462. The summed E-state index contributed by atoms with van der Waals surface area (Å²) in [5, 5.41) is 0. The fourth-order valence-corrected chi connectivity index (χ4v) is 3.18. The van der Waals surface area contributed by atoms with Crippen LogP contribution in [-0.2, 0) is 10.5 Å².